The van der Waals surface area contributed by atoms with Gasteiger partial charge in [-0.3, -0.25) is 0 Å². The number of rotatable bonds is 5. The van der Waals surface area contributed by atoms with Crippen LogP contribution in [0.3, 0.4) is 0 Å². The number of benzene rings is 1. The van der Waals surface area contributed by atoms with Crippen molar-refractivity contribution in [3.8, 4) is 5.75 Å². The van der Waals surface area contributed by atoms with Crippen LogP contribution in [-0.4, -0.2) is 33.1 Å². The molecule has 0 atom stereocenters. The summed E-state index contributed by atoms with van der Waals surface area (Å²) in [5.74, 6) is 1.47. The number of anilines is 2. The Balaban J connectivity index is 1.79. The van der Waals surface area contributed by atoms with Crippen LogP contribution in [-0.2, 0) is 0 Å². The Hall–Kier alpha value is -2.67. The van der Waals surface area contributed by atoms with Gasteiger partial charge in [0.05, 0.1) is 6.33 Å². The molecule has 0 fully saturated rings. The molecule has 2 heterocycles. The fourth-order valence-corrected chi connectivity index (χ4v) is 1.81. The van der Waals surface area contributed by atoms with E-state index in [2.05, 4.69) is 25.3 Å². The van der Waals surface area contributed by atoms with E-state index in [-0.39, 0.29) is 0 Å². The average molecular weight is 270 g/mol. The molecule has 2 aromatic heterocycles. The number of imidazole rings is 1. The molecule has 0 saturated carbocycles. The zero-order valence-corrected chi connectivity index (χ0v) is 10.7. The van der Waals surface area contributed by atoms with E-state index >= 15 is 0 Å². The second-order valence-electron chi connectivity index (χ2n) is 4.11. The predicted octanol–water partition coefficient (Wildman–Crippen LogP) is 1.43. The summed E-state index contributed by atoms with van der Waals surface area (Å²) in [4.78, 5) is 15.4. The van der Waals surface area contributed by atoms with Crippen molar-refractivity contribution in [3.63, 3.8) is 0 Å². The topological polar surface area (TPSA) is 102 Å². The predicted molar refractivity (Wildman–Crippen MR) is 76.0 cm³/mol. The molecule has 7 nitrogen and oxygen atoms in total. The van der Waals surface area contributed by atoms with Crippen LogP contribution in [0.5, 0.6) is 5.75 Å². The van der Waals surface area contributed by atoms with Crippen molar-refractivity contribution >= 4 is 22.7 Å². The van der Waals surface area contributed by atoms with Gasteiger partial charge in [-0.15, -0.1) is 0 Å². The van der Waals surface area contributed by atoms with Crippen LogP contribution in [0.25, 0.3) is 11.2 Å². The number of hydrogen-bond donors (Lipinski definition) is 3. The van der Waals surface area contributed by atoms with Crippen molar-refractivity contribution < 1.29 is 4.74 Å². The molecule has 0 aliphatic heterocycles. The van der Waals surface area contributed by atoms with E-state index in [0.717, 1.165) is 17.0 Å². The molecule has 0 unspecified atom stereocenters. The molecule has 3 aromatic rings. The maximum absolute atomic E-state index is 5.42. The van der Waals surface area contributed by atoms with Crippen molar-refractivity contribution in [2.75, 3.05) is 18.5 Å². The molecular weight excluding hydrogens is 256 g/mol. The molecular formula is C13H14N6O. The third-order valence-electron chi connectivity index (χ3n) is 2.73. The first kappa shape index (κ1) is 12.4. The number of nitrogens with two attached hydrogens (primary N) is 1. The molecule has 0 amide bonds. The van der Waals surface area contributed by atoms with Gasteiger partial charge in [-0.25, -0.2) is 15.0 Å². The fourth-order valence-electron chi connectivity index (χ4n) is 1.81. The smallest absolute Gasteiger partial charge is 0.182 e. The highest BCUT2D eigenvalue weighted by Crippen LogP contribution is 2.22. The highest BCUT2D eigenvalue weighted by molar-refractivity contribution is 5.84. The van der Waals surface area contributed by atoms with Crippen LogP contribution in [0.4, 0.5) is 11.5 Å². The SMILES string of the molecule is NCCOc1ccc(Nc2ncnc3nc[nH]c23)cc1. The quantitative estimate of drug-likeness (QED) is 0.648. The summed E-state index contributed by atoms with van der Waals surface area (Å²) in [5, 5.41) is 3.21. The second kappa shape index (κ2) is 5.54. The minimum absolute atomic E-state index is 0.499. The van der Waals surface area contributed by atoms with Gasteiger partial charge in [0.15, 0.2) is 11.5 Å². The van der Waals surface area contributed by atoms with Crippen LogP contribution in [0.15, 0.2) is 36.9 Å². The van der Waals surface area contributed by atoms with Gasteiger partial charge in [0.1, 0.15) is 24.2 Å². The third-order valence-corrected chi connectivity index (χ3v) is 2.73. The minimum Gasteiger partial charge on any atom is -0.492 e. The summed E-state index contributed by atoms with van der Waals surface area (Å²) in [6.07, 6.45) is 3.07. The first-order chi connectivity index (χ1) is 9.86. The summed E-state index contributed by atoms with van der Waals surface area (Å²) in [7, 11) is 0. The molecule has 102 valence electrons. The average Bonchev–Trinajstić information content (AvgIpc) is 2.96. The number of H-pyrrole nitrogens is 1. The van der Waals surface area contributed by atoms with E-state index in [1.165, 1.54) is 6.33 Å². The van der Waals surface area contributed by atoms with E-state index in [0.29, 0.717) is 24.6 Å². The number of aromatic nitrogens is 4. The van der Waals surface area contributed by atoms with E-state index in [9.17, 15) is 0 Å². The molecule has 3 rings (SSSR count). The van der Waals surface area contributed by atoms with E-state index in [1.54, 1.807) is 6.33 Å². The monoisotopic (exact) mass is 270 g/mol. The fraction of sp³-hybridized carbons (Fsp3) is 0.154. The van der Waals surface area contributed by atoms with Gasteiger partial charge in [0, 0.05) is 12.2 Å². The molecule has 20 heavy (non-hydrogen) atoms. The summed E-state index contributed by atoms with van der Waals surface area (Å²) in [6, 6.07) is 7.58. The Kier molecular flexibility index (Phi) is 3.42. The van der Waals surface area contributed by atoms with E-state index < -0.39 is 0 Å². The second-order valence-corrected chi connectivity index (χ2v) is 4.11. The van der Waals surface area contributed by atoms with Crippen LogP contribution < -0.4 is 15.8 Å². The molecule has 1 aromatic carbocycles. The van der Waals surface area contributed by atoms with Gasteiger partial charge in [-0.2, -0.15) is 0 Å². The molecule has 0 aliphatic carbocycles. The van der Waals surface area contributed by atoms with E-state index in [1.807, 2.05) is 24.3 Å². The zero-order chi connectivity index (χ0) is 13.8. The number of nitrogens with zero attached hydrogens (tertiary/aromatic N) is 3. The van der Waals surface area contributed by atoms with Crippen molar-refractivity contribution in [3.05, 3.63) is 36.9 Å². The molecule has 0 aliphatic rings. The maximum atomic E-state index is 5.42. The number of fused-ring (bicyclic) bond motifs is 1. The van der Waals surface area contributed by atoms with Crippen LogP contribution in [0.1, 0.15) is 0 Å². The lowest BCUT2D eigenvalue weighted by molar-refractivity contribution is 0.328. The van der Waals surface area contributed by atoms with Crippen LogP contribution in [0.2, 0.25) is 0 Å². The van der Waals surface area contributed by atoms with Gasteiger partial charge in [-0.05, 0) is 24.3 Å². The highest BCUT2D eigenvalue weighted by Gasteiger charge is 2.05. The maximum Gasteiger partial charge on any atom is 0.182 e. The number of ether oxygens (including phenoxy) is 1. The normalized spacial score (nSPS) is 10.7. The standard InChI is InChI=1S/C13H14N6O/c14-5-6-20-10-3-1-9(2-4-10)19-13-11-12(16-7-15-11)17-8-18-13/h1-4,7-8H,5-6,14H2,(H2,15,16,17,18,19). The van der Waals surface area contributed by atoms with Gasteiger partial charge in [0.25, 0.3) is 0 Å². The van der Waals surface area contributed by atoms with Gasteiger partial charge in [-0.1, -0.05) is 0 Å². The van der Waals surface area contributed by atoms with Crippen molar-refractivity contribution in [1.82, 2.24) is 19.9 Å². The zero-order valence-electron chi connectivity index (χ0n) is 10.7. The summed E-state index contributed by atoms with van der Waals surface area (Å²) in [6.45, 7) is 1.01. The van der Waals surface area contributed by atoms with Crippen LogP contribution >= 0.6 is 0 Å². The first-order valence-corrected chi connectivity index (χ1v) is 6.21. The largest absolute Gasteiger partial charge is 0.492 e. The lowest BCUT2D eigenvalue weighted by Gasteiger charge is -2.08. The highest BCUT2D eigenvalue weighted by atomic mass is 16.5. The van der Waals surface area contributed by atoms with Crippen molar-refractivity contribution in [1.29, 1.82) is 0 Å². The number of hydrogen-bond acceptors (Lipinski definition) is 6. The summed E-state index contributed by atoms with van der Waals surface area (Å²) in [5.41, 5.74) is 7.70. The molecule has 4 N–H and O–H groups in total. The van der Waals surface area contributed by atoms with Gasteiger partial charge < -0.3 is 20.8 Å². The Labute approximate surface area is 115 Å². The van der Waals surface area contributed by atoms with Crippen LogP contribution in [0, 0.1) is 0 Å². The lowest BCUT2D eigenvalue weighted by atomic mass is 10.3. The Bertz CT molecular complexity index is 693. The summed E-state index contributed by atoms with van der Waals surface area (Å²) >= 11 is 0. The molecule has 0 bridgehead atoms. The van der Waals surface area contributed by atoms with E-state index in [4.69, 9.17) is 10.5 Å². The first-order valence-electron chi connectivity index (χ1n) is 6.21. The molecule has 7 heteroatoms. The Morgan fingerprint density at radius 1 is 1.15 bits per heavy atom. The van der Waals surface area contributed by atoms with Gasteiger partial charge in [0.2, 0.25) is 0 Å². The number of aromatic amines is 1. The minimum atomic E-state index is 0.499. The summed E-state index contributed by atoms with van der Waals surface area (Å²) < 4.78 is 5.42. The van der Waals surface area contributed by atoms with Crippen molar-refractivity contribution in [2.45, 2.75) is 0 Å². The van der Waals surface area contributed by atoms with Crippen molar-refractivity contribution in [2.24, 2.45) is 5.73 Å². The number of nitrogens with one attached hydrogen (secondary N) is 2. The molecule has 0 spiro atoms. The Morgan fingerprint density at radius 3 is 2.80 bits per heavy atom. The lowest BCUT2D eigenvalue weighted by Crippen LogP contribution is -2.10. The third kappa shape index (κ3) is 2.52. The molecule has 0 saturated heterocycles. The van der Waals surface area contributed by atoms with Gasteiger partial charge >= 0.3 is 0 Å². The molecule has 0 radical (unpaired) electrons. The Morgan fingerprint density at radius 2 is 2.00 bits per heavy atom.